The molecule has 0 unspecified atom stereocenters. The van der Waals surface area contributed by atoms with Crippen LogP contribution in [0.3, 0.4) is 0 Å². The van der Waals surface area contributed by atoms with Crippen molar-refractivity contribution in [2.45, 2.75) is 13.5 Å². The molecule has 0 N–H and O–H groups in total. The highest BCUT2D eigenvalue weighted by atomic mass is 19.1. The van der Waals surface area contributed by atoms with E-state index in [2.05, 4.69) is 19.9 Å². The van der Waals surface area contributed by atoms with Crippen molar-refractivity contribution in [3.63, 3.8) is 0 Å². The van der Waals surface area contributed by atoms with E-state index in [0.717, 1.165) is 11.3 Å². The van der Waals surface area contributed by atoms with E-state index in [4.69, 9.17) is 0 Å². The standard InChI is InChI=1S/C19H16F2N6/c1-12-7-24-18(16-9-23-17-6-4-14(21)10-27(16)17)25-19(12)26(2)11-15-5-3-13(20)8-22-15/h3-10H,11H2,1-2H3. The third-order valence-corrected chi connectivity index (χ3v) is 4.19. The van der Waals surface area contributed by atoms with Crippen molar-refractivity contribution >= 4 is 11.5 Å². The van der Waals surface area contributed by atoms with Crippen LogP contribution in [0, 0.1) is 18.6 Å². The van der Waals surface area contributed by atoms with E-state index in [1.165, 1.54) is 24.5 Å². The molecule has 4 aromatic heterocycles. The van der Waals surface area contributed by atoms with Crippen LogP contribution in [-0.2, 0) is 6.54 Å². The first-order valence-corrected chi connectivity index (χ1v) is 8.29. The van der Waals surface area contributed by atoms with Crippen LogP contribution in [0.4, 0.5) is 14.6 Å². The fourth-order valence-corrected chi connectivity index (χ4v) is 2.88. The second-order valence-electron chi connectivity index (χ2n) is 6.24. The Bertz CT molecular complexity index is 1110. The van der Waals surface area contributed by atoms with Gasteiger partial charge in [-0.1, -0.05) is 0 Å². The first-order chi connectivity index (χ1) is 13.0. The SMILES string of the molecule is Cc1cnc(-c2cnc3ccc(F)cn23)nc1N(C)Cc1ccc(F)cn1. The van der Waals surface area contributed by atoms with Crippen molar-refractivity contribution in [3.8, 4) is 11.5 Å². The average molecular weight is 366 g/mol. The number of pyridine rings is 2. The Morgan fingerprint density at radius 1 is 0.963 bits per heavy atom. The Labute approximate surface area is 154 Å². The minimum atomic E-state index is -0.373. The fourth-order valence-electron chi connectivity index (χ4n) is 2.88. The van der Waals surface area contributed by atoms with Gasteiger partial charge in [0.05, 0.1) is 24.6 Å². The number of anilines is 1. The average Bonchev–Trinajstić information content (AvgIpc) is 3.07. The van der Waals surface area contributed by atoms with E-state index in [1.54, 1.807) is 28.9 Å². The summed E-state index contributed by atoms with van der Waals surface area (Å²) in [6.45, 7) is 2.36. The third kappa shape index (κ3) is 3.33. The van der Waals surface area contributed by atoms with E-state index in [1.807, 2.05) is 18.9 Å². The fraction of sp³-hybridized carbons (Fsp3) is 0.158. The van der Waals surface area contributed by atoms with Crippen molar-refractivity contribution in [1.29, 1.82) is 0 Å². The van der Waals surface area contributed by atoms with Crippen LogP contribution in [-0.4, -0.2) is 31.4 Å². The number of hydrogen-bond acceptors (Lipinski definition) is 5. The molecule has 0 aliphatic carbocycles. The van der Waals surface area contributed by atoms with Crippen LogP contribution in [0.1, 0.15) is 11.3 Å². The van der Waals surface area contributed by atoms with Crippen LogP contribution < -0.4 is 4.90 Å². The summed E-state index contributed by atoms with van der Waals surface area (Å²) in [6, 6.07) is 5.97. The van der Waals surface area contributed by atoms with E-state index >= 15 is 0 Å². The van der Waals surface area contributed by atoms with E-state index in [-0.39, 0.29) is 11.6 Å². The Balaban J connectivity index is 1.70. The molecule has 4 aromatic rings. The van der Waals surface area contributed by atoms with Gasteiger partial charge in [0, 0.05) is 25.0 Å². The molecule has 0 saturated carbocycles. The number of rotatable bonds is 4. The highest BCUT2D eigenvalue weighted by molar-refractivity contribution is 5.59. The van der Waals surface area contributed by atoms with Gasteiger partial charge in [-0.2, -0.15) is 0 Å². The molecular formula is C19H16F2N6. The monoisotopic (exact) mass is 366 g/mol. The van der Waals surface area contributed by atoms with Crippen LogP contribution >= 0.6 is 0 Å². The Hall–Kier alpha value is -3.42. The normalized spacial score (nSPS) is 11.1. The topological polar surface area (TPSA) is 59.2 Å². The van der Waals surface area contributed by atoms with Gasteiger partial charge in [0.2, 0.25) is 0 Å². The molecule has 0 atom stereocenters. The Kier molecular flexibility index (Phi) is 4.23. The summed E-state index contributed by atoms with van der Waals surface area (Å²) in [6.07, 6.45) is 5.87. The second-order valence-corrected chi connectivity index (χ2v) is 6.24. The van der Waals surface area contributed by atoms with Gasteiger partial charge in [-0.15, -0.1) is 0 Å². The van der Waals surface area contributed by atoms with Gasteiger partial charge in [-0.05, 0) is 31.2 Å². The van der Waals surface area contributed by atoms with Crippen molar-refractivity contribution in [2.24, 2.45) is 0 Å². The summed E-state index contributed by atoms with van der Waals surface area (Å²) in [5.74, 6) is 0.403. The number of halogens is 2. The summed E-state index contributed by atoms with van der Waals surface area (Å²) >= 11 is 0. The molecule has 0 aromatic carbocycles. The summed E-state index contributed by atoms with van der Waals surface area (Å²) in [5.41, 5.74) is 2.80. The molecule has 0 aliphatic heterocycles. The molecular weight excluding hydrogens is 350 g/mol. The van der Waals surface area contributed by atoms with Gasteiger partial charge in [-0.25, -0.2) is 23.7 Å². The number of imidazole rings is 1. The summed E-state index contributed by atoms with van der Waals surface area (Å²) in [7, 11) is 1.87. The smallest absolute Gasteiger partial charge is 0.180 e. The first-order valence-electron chi connectivity index (χ1n) is 8.29. The van der Waals surface area contributed by atoms with Crippen molar-refractivity contribution in [3.05, 3.63) is 71.9 Å². The molecule has 136 valence electrons. The zero-order valence-electron chi connectivity index (χ0n) is 14.8. The highest BCUT2D eigenvalue weighted by Gasteiger charge is 2.14. The van der Waals surface area contributed by atoms with Gasteiger partial charge in [-0.3, -0.25) is 9.38 Å². The number of fused-ring (bicyclic) bond motifs is 1. The van der Waals surface area contributed by atoms with Crippen LogP contribution in [0.2, 0.25) is 0 Å². The maximum Gasteiger partial charge on any atom is 0.180 e. The summed E-state index contributed by atoms with van der Waals surface area (Å²) in [4.78, 5) is 19.3. The lowest BCUT2D eigenvalue weighted by Gasteiger charge is -2.20. The van der Waals surface area contributed by atoms with Crippen molar-refractivity contribution in [1.82, 2.24) is 24.3 Å². The van der Waals surface area contributed by atoms with E-state index < -0.39 is 0 Å². The molecule has 4 heterocycles. The molecule has 4 rings (SSSR count). The van der Waals surface area contributed by atoms with Gasteiger partial charge < -0.3 is 4.90 Å². The Morgan fingerprint density at radius 2 is 1.78 bits per heavy atom. The number of aromatic nitrogens is 5. The van der Waals surface area contributed by atoms with Crippen molar-refractivity contribution in [2.75, 3.05) is 11.9 Å². The first kappa shape index (κ1) is 17.0. The number of hydrogen-bond donors (Lipinski definition) is 0. The highest BCUT2D eigenvalue weighted by Crippen LogP contribution is 2.23. The largest absolute Gasteiger partial charge is 0.353 e. The number of nitrogens with zero attached hydrogens (tertiary/aromatic N) is 6. The van der Waals surface area contributed by atoms with Crippen LogP contribution in [0.25, 0.3) is 17.2 Å². The molecule has 0 radical (unpaired) electrons. The minimum Gasteiger partial charge on any atom is -0.353 e. The zero-order valence-corrected chi connectivity index (χ0v) is 14.8. The molecule has 0 aliphatic rings. The van der Waals surface area contributed by atoms with Gasteiger partial charge in [0.15, 0.2) is 5.82 Å². The lowest BCUT2D eigenvalue weighted by molar-refractivity contribution is 0.618. The summed E-state index contributed by atoms with van der Waals surface area (Å²) < 4.78 is 28.3. The molecule has 0 bridgehead atoms. The lowest BCUT2D eigenvalue weighted by Crippen LogP contribution is -2.20. The number of aryl methyl sites for hydroxylation is 1. The Morgan fingerprint density at radius 3 is 2.56 bits per heavy atom. The lowest BCUT2D eigenvalue weighted by atomic mass is 10.3. The van der Waals surface area contributed by atoms with E-state index in [0.29, 0.717) is 29.5 Å². The molecule has 6 nitrogen and oxygen atoms in total. The van der Waals surface area contributed by atoms with Crippen molar-refractivity contribution < 1.29 is 8.78 Å². The van der Waals surface area contributed by atoms with Crippen LogP contribution in [0.5, 0.6) is 0 Å². The molecule has 0 amide bonds. The molecule has 0 saturated heterocycles. The zero-order chi connectivity index (χ0) is 19.0. The second kappa shape index (κ2) is 6.71. The summed E-state index contributed by atoms with van der Waals surface area (Å²) in [5, 5.41) is 0. The molecule has 8 heteroatoms. The predicted octanol–water partition coefficient (Wildman–Crippen LogP) is 3.41. The van der Waals surface area contributed by atoms with E-state index in [9.17, 15) is 8.78 Å². The van der Waals surface area contributed by atoms with Gasteiger partial charge in [0.25, 0.3) is 0 Å². The maximum atomic E-state index is 13.6. The maximum absolute atomic E-state index is 13.6. The van der Waals surface area contributed by atoms with Crippen LogP contribution in [0.15, 0.2) is 49.1 Å². The van der Waals surface area contributed by atoms with Gasteiger partial charge in [0.1, 0.15) is 28.8 Å². The predicted molar refractivity (Wildman–Crippen MR) is 97.2 cm³/mol. The molecule has 0 fully saturated rings. The quantitative estimate of drug-likeness (QED) is 0.554. The molecule has 0 spiro atoms. The van der Waals surface area contributed by atoms with Gasteiger partial charge >= 0.3 is 0 Å². The minimum absolute atomic E-state index is 0.367. The third-order valence-electron chi connectivity index (χ3n) is 4.19. The molecule has 27 heavy (non-hydrogen) atoms.